The summed E-state index contributed by atoms with van der Waals surface area (Å²) in [5, 5.41) is 4.28. The van der Waals surface area contributed by atoms with Crippen molar-refractivity contribution in [2.24, 2.45) is 0 Å². The third kappa shape index (κ3) is 3.87. The Morgan fingerprint density at radius 2 is 1.84 bits per heavy atom. The van der Waals surface area contributed by atoms with E-state index >= 15 is 0 Å². The summed E-state index contributed by atoms with van der Waals surface area (Å²) in [6.07, 6.45) is 0. The molecule has 3 rings (SSSR count). The van der Waals surface area contributed by atoms with Gasteiger partial charge in [0.05, 0.1) is 16.0 Å². The molecule has 3 aromatic rings. The van der Waals surface area contributed by atoms with E-state index in [1.54, 1.807) is 31.2 Å². The van der Waals surface area contributed by atoms with Gasteiger partial charge in [0.25, 0.3) is 0 Å². The Labute approximate surface area is 148 Å². The van der Waals surface area contributed by atoms with E-state index in [0.717, 1.165) is 12.1 Å². The van der Waals surface area contributed by atoms with E-state index in [1.165, 1.54) is 12.1 Å². The molecule has 0 saturated heterocycles. The van der Waals surface area contributed by atoms with E-state index in [9.17, 15) is 12.8 Å². The number of rotatable bonds is 5. The molecule has 130 valence electrons. The minimum absolute atomic E-state index is 0.0633. The predicted octanol–water partition coefficient (Wildman–Crippen LogP) is 3.57. The maximum absolute atomic E-state index is 12.9. The Morgan fingerprint density at radius 3 is 2.52 bits per heavy atom. The van der Waals surface area contributed by atoms with Crippen LogP contribution in [0.4, 0.5) is 4.39 Å². The van der Waals surface area contributed by atoms with Gasteiger partial charge in [-0.05, 0) is 43.3 Å². The average molecular weight is 382 g/mol. The van der Waals surface area contributed by atoms with Crippen LogP contribution in [0.25, 0.3) is 11.4 Å². The number of hydrogen-bond donors (Lipinski definition) is 1. The molecule has 1 aromatic heterocycles. The van der Waals surface area contributed by atoms with Crippen LogP contribution < -0.4 is 4.72 Å². The Balaban J connectivity index is 1.81. The van der Waals surface area contributed by atoms with Crippen LogP contribution in [0.2, 0.25) is 5.02 Å². The van der Waals surface area contributed by atoms with Crippen LogP contribution in [0.15, 0.2) is 57.9 Å². The zero-order valence-corrected chi connectivity index (χ0v) is 14.6. The summed E-state index contributed by atoms with van der Waals surface area (Å²) in [4.78, 5) is 4.12. The maximum atomic E-state index is 12.9. The van der Waals surface area contributed by atoms with Crippen molar-refractivity contribution >= 4 is 21.6 Å². The second-order valence-electron chi connectivity index (χ2n) is 5.23. The molecule has 0 amide bonds. The molecule has 1 atom stereocenters. The predicted molar refractivity (Wildman–Crippen MR) is 89.9 cm³/mol. The zero-order chi connectivity index (χ0) is 18.0. The van der Waals surface area contributed by atoms with E-state index in [0.29, 0.717) is 10.6 Å². The molecule has 0 aliphatic rings. The fourth-order valence-corrected chi connectivity index (χ4v) is 3.54. The molecule has 0 aliphatic heterocycles. The first kappa shape index (κ1) is 17.5. The van der Waals surface area contributed by atoms with Crippen molar-refractivity contribution in [3.8, 4) is 11.4 Å². The molecule has 6 nitrogen and oxygen atoms in total. The summed E-state index contributed by atoms with van der Waals surface area (Å²) in [5.41, 5.74) is 0.577. The van der Waals surface area contributed by atoms with Crippen molar-refractivity contribution in [1.82, 2.24) is 14.9 Å². The minimum Gasteiger partial charge on any atom is -0.337 e. The molecule has 25 heavy (non-hydrogen) atoms. The first-order valence-electron chi connectivity index (χ1n) is 7.23. The lowest BCUT2D eigenvalue weighted by Gasteiger charge is -2.10. The van der Waals surface area contributed by atoms with Crippen molar-refractivity contribution in [3.63, 3.8) is 0 Å². The van der Waals surface area contributed by atoms with Gasteiger partial charge in [0.1, 0.15) is 5.82 Å². The third-order valence-electron chi connectivity index (χ3n) is 3.38. The number of nitrogens with one attached hydrogen (secondary N) is 1. The van der Waals surface area contributed by atoms with Crippen LogP contribution in [0.3, 0.4) is 0 Å². The van der Waals surface area contributed by atoms with Gasteiger partial charge in [0.15, 0.2) is 0 Å². The van der Waals surface area contributed by atoms with Crippen molar-refractivity contribution < 1.29 is 17.3 Å². The molecule has 1 N–H and O–H groups in total. The topological polar surface area (TPSA) is 85.1 Å². The van der Waals surface area contributed by atoms with Gasteiger partial charge in [-0.3, -0.25) is 0 Å². The number of nitrogens with zero attached hydrogens (tertiary/aromatic N) is 2. The molecule has 0 fully saturated rings. The number of sulfonamides is 1. The van der Waals surface area contributed by atoms with Crippen molar-refractivity contribution in [1.29, 1.82) is 0 Å². The average Bonchev–Trinajstić information content (AvgIpc) is 3.05. The first-order chi connectivity index (χ1) is 11.9. The van der Waals surface area contributed by atoms with Crippen LogP contribution in [0, 0.1) is 5.82 Å². The molecular formula is C16H13ClFN3O3S. The quantitative estimate of drug-likeness (QED) is 0.730. The van der Waals surface area contributed by atoms with E-state index in [1.807, 2.05) is 0 Å². The standard InChI is InChI=1S/C16H13ClFN3O3S/c1-10(21-25(22,23)12-8-6-11(18)7-9-12)16-19-15(20-24-16)13-4-2-3-5-14(13)17/h2-10,21H,1H3. The maximum Gasteiger partial charge on any atom is 0.244 e. The second-order valence-corrected chi connectivity index (χ2v) is 7.35. The van der Waals surface area contributed by atoms with E-state index in [4.69, 9.17) is 16.1 Å². The van der Waals surface area contributed by atoms with Gasteiger partial charge in [-0.25, -0.2) is 12.8 Å². The molecule has 0 aliphatic carbocycles. The van der Waals surface area contributed by atoms with Gasteiger partial charge < -0.3 is 4.52 Å². The number of halogens is 2. The first-order valence-corrected chi connectivity index (χ1v) is 9.09. The molecule has 1 unspecified atom stereocenters. The normalized spacial score (nSPS) is 12.9. The molecule has 0 spiro atoms. The molecule has 0 bridgehead atoms. The van der Waals surface area contributed by atoms with Crippen LogP contribution in [0.5, 0.6) is 0 Å². The van der Waals surface area contributed by atoms with Gasteiger partial charge in [0, 0.05) is 5.56 Å². The fraction of sp³-hybridized carbons (Fsp3) is 0.125. The Hall–Kier alpha value is -2.29. The Bertz CT molecular complexity index is 990. The molecule has 0 saturated carbocycles. The Morgan fingerprint density at radius 1 is 1.16 bits per heavy atom. The summed E-state index contributed by atoms with van der Waals surface area (Å²) in [6.45, 7) is 1.56. The summed E-state index contributed by atoms with van der Waals surface area (Å²) < 4.78 is 45.1. The van der Waals surface area contributed by atoms with Crippen LogP contribution >= 0.6 is 11.6 Å². The van der Waals surface area contributed by atoms with Crippen LogP contribution in [-0.4, -0.2) is 18.6 Å². The largest absolute Gasteiger partial charge is 0.337 e. The van der Waals surface area contributed by atoms with Gasteiger partial charge in [-0.1, -0.05) is 28.9 Å². The SMILES string of the molecule is CC(NS(=O)(=O)c1ccc(F)cc1)c1nc(-c2ccccc2Cl)no1. The highest BCUT2D eigenvalue weighted by Gasteiger charge is 2.23. The lowest BCUT2D eigenvalue weighted by atomic mass is 10.2. The monoisotopic (exact) mass is 381 g/mol. The molecule has 1 heterocycles. The van der Waals surface area contributed by atoms with E-state index in [-0.39, 0.29) is 16.6 Å². The highest BCUT2D eigenvalue weighted by molar-refractivity contribution is 7.89. The van der Waals surface area contributed by atoms with Gasteiger partial charge in [-0.15, -0.1) is 0 Å². The number of hydrogen-bond acceptors (Lipinski definition) is 5. The summed E-state index contributed by atoms with van der Waals surface area (Å²) in [6, 6.07) is 10.7. The number of aromatic nitrogens is 2. The minimum atomic E-state index is -3.86. The van der Waals surface area contributed by atoms with Gasteiger partial charge in [0.2, 0.25) is 21.7 Å². The molecule has 0 radical (unpaired) electrons. The lowest BCUT2D eigenvalue weighted by molar-refractivity contribution is 0.354. The van der Waals surface area contributed by atoms with Gasteiger partial charge >= 0.3 is 0 Å². The molecule has 9 heteroatoms. The third-order valence-corrected chi connectivity index (χ3v) is 5.27. The van der Waals surface area contributed by atoms with Crippen molar-refractivity contribution in [3.05, 3.63) is 65.3 Å². The summed E-state index contributed by atoms with van der Waals surface area (Å²) >= 11 is 6.08. The highest BCUT2D eigenvalue weighted by Crippen LogP contribution is 2.26. The highest BCUT2D eigenvalue weighted by atomic mass is 35.5. The van der Waals surface area contributed by atoms with Gasteiger partial charge in [-0.2, -0.15) is 9.71 Å². The lowest BCUT2D eigenvalue weighted by Crippen LogP contribution is -2.27. The molecular weight excluding hydrogens is 369 g/mol. The summed E-state index contributed by atoms with van der Waals surface area (Å²) in [7, 11) is -3.86. The van der Waals surface area contributed by atoms with Crippen molar-refractivity contribution in [2.75, 3.05) is 0 Å². The van der Waals surface area contributed by atoms with Crippen molar-refractivity contribution in [2.45, 2.75) is 17.9 Å². The van der Waals surface area contributed by atoms with Crippen LogP contribution in [-0.2, 0) is 10.0 Å². The van der Waals surface area contributed by atoms with Crippen LogP contribution in [0.1, 0.15) is 18.9 Å². The van der Waals surface area contributed by atoms with E-state index < -0.39 is 21.9 Å². The zero-order valence-electron chi connectivity index (χ0n) is 13.0. The Kier molecular flexibility index (Phi) is 4.85. The second kappa shape index (κ2) is 6.91. The molecule has 2 aromatic carbocycles. The smallest absolute Gasteiger partial charge is 0.244 e. The fourth-order valence-electron chi connectivity index (χ4n) is 2.13. The summed E-state index contributed by atoms with van der Waals surface area (Å²) in [5.74, 6) is -0.178. The van der Waals surface area contributed by atoms with E-state index in [2.05, 4.69) is 14.9 Å². The number of benzene rings is 2.